The average molecular weight is 184 g/mol. The number of carbonyl (C=O) groups is 2. The molecule has 1 saturated heterocycles. The maximum atomic E-state index is 11.4. The van der Waals surface area contributed by atoms with Crippen LogP contribution in [0.4, 0.5) is 0 Å². The SMILES string of the molecule is CCN1C(=O)CNC(=O)C1C(C)C. The fourth-order valence-electron chi connectivity index (χ4n) is 1.70. The Bertz CT molecular complexity index is 226. The quantitative estimate of drug-likeness (QED) is 0.656. The number of likely N-dealkylation sites (N-methyl/N-ethyl adjacent to an activating group) is 1. The fraction of sp³-hybridized carbons (Fsp3) is 0.778. The normalized spacial score (nSPS) is 23.7. The van der Waals surface area contributed by atoms with Crippen LogP contribution in [-0.2, 0) is 9.59 Å². The summed E-state index contributed by atoms with van der Waals surface area (Å²) in [5.74, 6) is 0.154. The Morgan fingerprint density at radius 3 is 2.54 bits per heavy atom. The highest BCUT2D eigenvalue weighted by molar-refractivity contribution is 5.94. The molecular weight excluding hydrogens is 168 g/mol. The summed E-state index contributed by atoms with van der Waals surface area (Å²) in [5.41, 5.74) is 0. The molecule has 2 amide bonds. The molecule has 1 aliphatic rings. The van der Waals surface area contributed by atoms with Crippen molar-refractivity contribution in [1.82, 2.24) is 10.2 Å². The van der Waals surface area contributed by atoms with Crippen molar-refractivity contribution >= 4 is 11.8 Å². The molecule has 4 heteroatoms. The number of amides is 2. The van der Waals surface area contributed by atoms with Crippen molar-refractivity contribution in [3.63, 3.8) is 0 Å². The number of nitrogens with zero attached hydrogens (tertiary/aromatic N) is 1. The van der Waals surface area contributed by atoms with Gasteiger partial charge in [0.15, 0.2) is 0 Å². The maximum Gasteiger partial charge on any atom is 0.243 e. The van der Waals surface area contributed by atoms with Crippen LogP contribution < -0.4 is 5.32 Å². The van der Waals surface area contributed by atoms with Crippen LogP contribution in [0.1, 0.15) is 20.8 Å². The van der Waals surface area contributed by atoms with E-state index < -0.39 is 0 Å². The van der Waals surface area contributed by atoms with Gasteiger partial charge in [0.25, 0.3) is 0 Å². The first-order chi connectivity index (χ1) is 6.07. The van der Waals surface area contributed by atoms with Gasteiger partial charge >= 0.3 is 0 Å². The molecule has 4 nitrogen and oxygen atoms in total. The molecule has 0 aromatic heterocycles. The van der Waals surface area contributed by atoms with Crippen LogP contribution in [0.5, 0.6) is 0 Å². The average Bonchev–Trinajstić information content (AvgIpc) is 2.07. The highest BCUT2D eigenvalue weighted by Crippen LogP contribution is 2.13. The zero-order chi connectivity index (χ0) is 10.0. The second kappa shape index (κ2) is 3.77. The summed E-state index contributed by atoms with van der Waals surface area (Å²) in [4.78, 5) is 24.5. The number of nitrogens with one attached hydrogen (secondary N) is 1. The van der Waals surface area contributed by atoms with Gasteiger partial charge in [-0.15, -0.1) is 0 Å². The Kier molecular flexibility index (Phi) is 2.90. The Labute approximate surface area is 78.3 Å². The lowest BCUT2D eigenvalue weighted by Gasteiger charge is -2.36. The molecule has 1 aliphatic heterocycles. The highest BCUT2D eigenvalue weighted by Gasteiger charge is 2.35. The summed E-state index contributed by atoms with van der Waals surface area (Å²) in [5, 5.41) is 2.60. The zero-order valence-electron chi connectivity index (χ0n) is 8.33. The molecule has 1 rings (SSSR count). The van der Waals surface area contributed by atoms with Crippen LogP contribution in [0.2, 0.25) is 0 Å². The van der Waals surface area contributed by atoms with Crippen molar-refractivity contribution in [2.24, 2.45) is 5.92 Å². The molecule has 1 unspecified atom stereocenters. The van der Waals surface area contributed by atoms with Crippen molar-refractivity contribution < 1.29 is 9.59 Å². The van der Waals surface area contributed by atoms with E-state index in [1.54, 1.807) is 4.90 Å². The van der Waals surface area contributed by atoms with Crippen LogP contribution in [-0.4, -0.2) is 35.8 Å². The van der Waals surface area contributed by atoms with E-state index in [0.717, 1.165) is 0 Å². The molecule has 0 saturated carbocycles. The molecule has 0 bridgehead atoms. The van der Waals surface area contributed by atoms with E-state index in [1.807, 2.05) is 20.8 Å². The molecule has 1 N–H and O–H groups in total. The third kappa shape index (κ3) is 1.82. The van der Waals surface area contributed by atoms with Crippen molar-refractivity contribution in [2.75, 3.05) is 13.1 Å². The molecule has 0 aromatic carbocycles. The minimum Gasteiger partial charge on any atom is -0.345 e. The van der Waals surface area contributed by atoms with Crippen molar-refractivity contribution in [3.05, 3.63) is 0 Å². The number of carbonyl (C=O) groups excluding carboxylic acids is 2. The lowest BCUT2D eigenvalue weighted by Crippen LogP contribution is -2.60. The van der Waals surface area contributed by atoms with Gasteiger partial charge in [-0.2, -0.15) is 0 Å². The summed E-state index contributed by atoms with van der Waals surface area (Å²) in [6, 6.07) is -0.286. The van der Waals surface area contributed by atoms with Gasteiger partial charge in [0.1, 0.15) is 6.04 Å². The lowest BCUT2D eigenvalue weighted by atomic mass is 9.99. The van der Waals surface area contributed by atoms with E-state index in [9.17, 15) is 9.59 Å². The van der Waals surface area contributed by atoms with Crippen LogP contribution >= 0.6 is 0 Å². The lowest BCUT2D eigenvalue weighted by molar-refractivity contribution is -0.147. The molecule has 1 atom stereocenters. The van der Waals surface area contributed by atoms with Crippen LogP contribution in [0.3, 0.4) is 0 Å². The fourth-order valence-corrected chi connectivity index (χ4v) is 1.70. The van der Waals surface area contributed by atoms with Gasteiger partial charge in [-0.3, -0.25) is 9.59 Å². The predicted octanol–water partition coefficient (Wildman–Crippen LogP) is -0.0107. The minimum absolute atomic E-state index is 0.0146. The molecule has 1 heterocycles. The molecule has 0 spiro atoms. The summed E-state index contributed by atoms with van der Waals surface area (Å²) in [6.45, 7) is 6.55. The van der Waals surface area contributed by atoms with E-state index in [2.05, 4.69) is 5.32 Å². The van der Waals surface area contributed by atoms with Crippen LogP contribution in [0, 0.1) is 5.92 Å². The highest BCUT2D eigenvalue weighted by atomic mass is 16.2. The summed E-state index contributed by atoms with van der Waals surface area (Å²) in [6.07, 6.45) is 0. The molecule has 74 valence electrons. The van der Waals surface area contributed by atoms with Crippen molar-refractivity contribution in [1.29, 1.82) is 0 Å². The first-order valence-corrected chi connectivity index (χ1v) is 4.65. The van der Waals surface area contributed by atoms with Crippen molar-refractivity contribution in [3.8, 4) is 0 Å². The topological polar surface area (TPSA) is 49.4 Å². The van der Waals surface area contributed by atoms with Gasteiger partial charge in [-0.25, -0.2) is 0 Å². The monoisotopic (exact) mass is 184 g/mol. The van der Waals surface area contributed by atoms with Crippen LogP contribution in [0.15, 0.2) is 0 Å². The van der Waals surface area contributed by atoms with Crippen molar-refractivity contribution in [2.45, 2.75) is 26.8 Å². The first kappa shape index (κ1) is 10.0. The molecule has 13 heavy (non-hydrogen) atoms. The number of hydrogen-bond acceptors (Lipinski definition) is 2. The maximum absolute atomic E-state index is 11.4. The number of piperazine rings is 1. The van der Waals surface area contributed by atoms with E-state index in [4.69, 9.17) is 0 Å². The Hall–Kier alpha value is -1.06. The number of hydrogen-bond donors (Lipinski definition) is 1. The molecule has 0 aliphatic carbocycles. The zero-order valence-corrected chi connectivity index (χ0v) is 8.33. The van der Waals surface area contributed by atoms with Gasteiger partial charge in [0.2, 0.25) is 11.8 Å². The van der Waals surface area contributed by atoms with E-state index in [-0.39, 0.29) is 30.3 Å². The number of rotatable bonds is 2. The second-order valence-corrected chi connectivity index (χ2v) is 3.59. The van der Waals surface area contributed by atoms with Gasteiger partial charge in [-0.05, 0) is 12.8 Å². The first-order valence-electron chi connectivity index (χ1n) is 4.65. The largest absolute Gasteiger partial charge is 0.345 e. The Balaban J connectivity index is 2.83. The minimum atomic E-state index is -0.286. The molecule has 0 aromatic rings. The Morgan fingerprint density at radius 2 is 2.15 bits per heavy atom. The molecule has 0 radical (unpaired) electrons. The molecular formula is C9H16N2O2. The third-order valence-electron chi connectivity index (χ3n) is 2.31. The summed E-state index contributed by atoms with van der Waals surface area (Å²) in [7, 11) is 0. The van der Waals surface area contributed by atoms with Gasteiger partial charge in [0, 0.05) is 6.54 Å². The van der Waals surface area contributed by atoms with E-state index >= 15 is 0 Å². The second-order valence-electron chi connectivity index (χ2n) is 3.59. The van der Waals surface area contributed by atoms with Gasteiger partial charge < -0.3 is 10.2 Å². The van der Waals surface area contributed by atoms with Gasteiger partial charge in [0.05, 0.1) is 6.54 Å². The van der Waals surface area contributed by atoms with Crippen LogP contribution in [0.25, 0.3) is 0 Å². The summed E-state index contributed by atoms with van der Waals surface area (Å²) >= 11 is 0. The standard InChI is InChI=1S/C9H16N2O2/c1-4-11-7(12)5-10-9(13)8(11)6(2)3/h6,8H,4-5H2,1-3H3,(H,10,13). The Morgan fingerprint density at radius 1 is 1.54 bits per heavy atom. The molecule has 1 fully saturated rings. The third-order valence-corrected chi connectivity index (χ3v) is 2.31. The predicted molar refractivity (Wildman–Crippen MR) is 49.0 cm³/mol. The van der Waals surface area contributed by atoms with E-state index in [0.29, 0.717) is 6.54 Å². The van der Waals surface area contributed by atoms with E-state index in [1.165, 1.54) is 0 Å². The van der Waals surface area contributed by atoms with Gasteiger partial charge in [-0.1, -0.05) is 13.8 Å². The summed E-state index contributed by atoms with van der Waals surface area (Å²) < 4.78 is 0. The smallest absolute Gasteiger partial charge is 0.243 e.